The van der Waals surface area contributed by atoms with Crippen LogP contribution in [0, 0.1) is 11.6 Å². The van der Waals surface area contributed by atoms with Gasteiger partial charge in [-0.15, -0.1) is 0 Å². The molecule has 254 valence electrons. The van der Waals surface area contributed by atoms with Crippen molar-refractivity contribution in [3.05, 3.63) is 71.0 Å². The fourth-order valence-electron chi connectivity index (χ4n) is 5.62. The zero-order chi connectivity index (χ0) is 34.2. The number of hydrogen-bond acceptors (Lipinski definition) is 10. The molecule has 1 aliphatic carbocycles. The van der Waals surface area contributed by atoms with Gasteiger partial charge in [0.1, 0.15) is 17.7 Å². The number of piperazine rings is 1. The van der Waals surface area contributed by atoms with Gasteiger partial charge in [0.25, 0.3) is 5.56 Å². The van der Waals surface area contributed by atoms with Crippen LogP contribution in [0.1, 0.15) is 46.5 Å². The van der Waals surface area contributed by atoms with E-state index >= 15 is 4.39 Å². The summed E-state index contributed by atoms with van der Waals surface area (Å²) in [6.45, 7) is 7.31. The van der Waals surface area contributed by atoms with E-state index in [9.17, 15) is 22.4 Å². The molecular weight excluding hydrogens is 648 g/mol. The first-order chi connectivity index (χ1) is 22.8. The number of aromatic nitrogens is 4. The Bertz CT molecular complexity index is 2000. The highest BCUT2D eigenvalue weighted by Crippen LogP contribution is 2.34. The van der Waals surface area contributed by atoms with Gasteiger partial charge in [0, 0.05) is 26.2 Å². The molecule has 0 radical (unpaired) electrons. The van der Waals surface area contributed by atoms with E-state index in [2.05, 4.69) is 19.7 Å². The number of hydrogen-bond donors (Lipinski definition) is 1. The second-order valence-electron chi connectivity index (χ2n) is 12.7. The highest BCUT2D eigenvalue weighted by molar-refractivity contribution is 7.93. The van der Waals surface area contributed by atoms with Crippen LogP contribution in [-0.2, 0) is 14.8 Å². The number of benzene rings is 2. The van der Waals surface area contributed by atoms with Crippen molar-refractivity contribution in [1.29, 1.82) is 0 Å². The minimum Gasteiger partial charge on any atom is -0.451 e. The first-order valence-corrected chi connectivity index (χ1v) is 17.1. The van der Waals surface area contributed by atoms with E-state index in [1.807, 2.05) is 25.7 Å². The highest BCUT2D eigenvalue weighted by atomic mass is 32.2. The summed E-state index contributed by atoms with van der Waals surface area (Å²) in [6.07, 6.45) is 6.35. The molecule has 2 fully saturated rings. The van der Waals surface area contributed by atoms with Crippen molar-refractivity contribution in [3.8, 4) is 17.2 Å². The SMILES string of the molecule is CC(C)(C)OC(=O)N1CCN(c2ncc(-n3cnc4ccc(Oc5c(F)ccc(NS(=O)(=O)C6CCCC6)c5F)cc4c3=O)cn2)CC1. The summed E-state index contributed by atoms with van der Waals surface area (Å²) in [5.41, 5.74) is -0.888. The van der Waals surface area contributed by atoms with E-state index in [0.717, 1.165) is 25.0 Å². The van der Waals surface area contributed by atoms with Gasteiger partial charge in [0.2, 0.25) is 21.7 Å². The zero-order valence-electron chi connectivity index (χ0n) is 26.6. The Morgan fingerprint density at radius 1 is 0.979 bits per heavy atom. The highest BCUT2D eigenvalue weighted by Gasteiger charge is 2.31. The molecule has 1 aliphatic heterocycles. The lowest BCUT2D eigenvalue weighted by molar-refractivity contribution is 0.0240. The minimum absolute atomic E-state index is 0.0649. The van der Waals surface area contributed by atoms with Gasteiger partial charge in [-0.3, -0.25) is 14.1 Å². The average molecular weight is 684 g/mol. The van der Waals surface area contributed by atoms with Gasteiger partial charge in [-0.25, -0.2) is 36.9 Å². The van der Waals surface area contributed by atoms with Crippen LogP contribution in [0.15, 0.2) is 53.8 Å². The summed E-state index contributed by atoms with van der Waals surface area (Å²) in [4.78, 5) is 42.6. The number of halogens is 2. The van der Waals surface area contributed by atoms with Crippen LogP contribution in [-0.4, -0.2) is 76.0 Å². The van der Waals surface area contributed by atoms with Gasteiger partial charge in [-0.1, -0.05) is 12.8 Å². The predicted octanol–water partition coefficient (Wildman–Crippen LogP) is 4.99. The molecule has 2 aliphatic rings. The largest absolute Gasteiger partial charge is 0.451 e. The maximum Gasteiger partial charge on any atom is 0.410 e. The summed E-state index contributed by atoms with van der Waals surface area (Å²) < 4.78 is 70.0. The van der Waals surface area contributed by atoms with E-state index in [-0.39, 0.29) is 17.2 Å². The van der Waals surface area contributed by atoms with Crippen molar-refractivity contribution in [1.82, 2.24) is 24.4 Å². The quantitative estimate of drug-likeness (QED) is 0.283. The van der Waals surface area contributed by atoms with Crippen LogP contribution in [0.3, 0.4) is 0 Å². The molecule has 16 heteroatoms. The smallest absolute Gasteiger partial charge is 0.410 e. The van der Waals surface area contributed by atoms with Gasteiger partial charge < -0.3 is 19.3 Å². The zero-order valence-corrected chi connectivity index (χ0v) is 27.5. The molecule has 48 heavy (non-hydrogen) atoms. The maximum absolute atomic E-state index is 15.4. The fourth-order valence-corrected chi connectivity index (χ4v) is 7.21. The number of amides is 1. The topological polar surface area (TPSA) is 149 Å². The van der Waals surface area contributed by atoms with E-state index in [4.69, 9.17) is 9.47 Å². The molecule has 2 aromatic heterocycles. The predicted molar refractivity (Wildman–Crippen MR) is 174 cm³/mol. The molecule has 0 atom stereocenters. The Balaban J connectivity index is 1.19. The number of nitrogens with one attached hydrogen (secondary N) is 1. The first-order valence-electron chi connectivity index (χ1n) is 15.5. The molecule has 1 saturated heterocycles. The van der Waals surface area contributed by atoms with Crippen LogP contribution < -0.4 is 19.9 Å². The Hall–Kier alpha value is -4.86. The van der Waals surface area contributed by atoms with Crippen molar-refractivity contribution in [2.24, 2.45) is 0 Å². The monoisotopic (exact) mass is 683 g/mol. The number of anilines is 2. The molecule has 13 nitrogen and oxygen atoms in total. The normalized spacial score (nSPS) is 15.9. The van der Waals surface area contributed by atoms with Crippen molar-refractivity contribution >= 4 is 38.7 Å². The second kappa shape index (κ2) is 13.0. The summed E-state index contributed by atoms with van der Waals surface area (Å²) >= 11 is 0. The molecule has 6 rings (SSSR count). The van der Waals surface area contributed by atoms with Gasteiger partial charge in [-0.2, -0.15) is 0 Å². The Kier molecular flexibility index (Phi) is 8.94. The third kappa shape index (κ3) is 7.02. The van der Waals surface area contributed by atoms with E-state index in [1.165, 1.54) is 41.5 Å². The summed E-state index contributed by atoms with van der Waals surface area (Å²) in [6, 6.07) is 6.08. The molecule has 0 bridgehead atoms. The van der Waals surface area contributed by atoms with Crippen molar-refractivity contribution in [2.45, 2.75) is 57.3 Å². The van der Waals surface area contributed by atoms with Crippen molar-refractivity contribution < 1.29 is 31.5 Å². The fraction of sp³-hybridized carbons (Fsp3) is 0.406. The van der Waals surface area contributed by atoms with Crippen LogP contribution >= 0.6 is 0 Å². The van der Waals surface area contributed by atoms with E-state index < -0.39 is 49.5 Å². The van der Waals surface area contributed by atoms with Gasteiger partial charge in [-0.05, 0) is 63.9 Å². The number of rotatable bonds is 7. The lowest BCUT2D eigenvalue weighted by Crippen LogP contribution is -2.50. The Morgan fingerprint density at radius 2 is 1.67 bits per heavy atom. The minimum atomic E-state index is -3.88. The lowest BCUT2D eigenvalue weighted by Gasteiger charge is -2.35. The molecule has 0 spiro atoms. The molecule has 0 unspecified atom stereocenters. The molecule has 4 aromatic rings. The third-order valence-corrected chi connectivity index (χ3v) is 9.96. The number of nitrogens with zero attached hydrogens (tertiary/aromatic N) is 6. The van der Waals surface area contributed by atoms with Crippen molar-refractivity contribution in [2.75, 3.05) is 35.8 Å². The third-order valence-electron chi connectivity index (χ3n) is 8.11. The molecule has 1 N–H and O–H groups in total. The molecule has 2 aromatic carbocycles. The number of carbonyl (C=O) groups is 1. The first kappa shape index (κ1) is 33.1. The van der Waals surface area contributed by atoms with Crippen LogP contribution in [0.5, 0.6) is 11.5 Å². The number of ether oxygens (including phenoxy) is 2. The number of carbonyl (C=O) groups excluding carboxylic acids is 1. The van der Waals surface area contributed by atoms with Crippen molar-refractivity contribution in [3.63, 3.8) is 0 Å². The molecule has 1 saturated carbocycles. The average Bonchev–Trinajstić information content (AvgIpc) is 3.61. The Labute approximate surface area is 275 Å². The van der Waals surface area contributed by atoms with Gasteiger partial charge in [0.05, 0.1) is 39.9 Å². The van der Waals surface area contributed by atoms with Crippen LogP contribution in [0.2, 0.25) is 0 Å². The van der Waals surface area contributed by atoms with Crippen LogP contribution in [0.25, 0.3) is 16.6 Å². The van der Waals surface area contributed by atoms with Crippen LogP contribution in [0.4, 0.5) is 25.2 Å². The van der Waals surface area contributed by atoms with E-state index in [1.54, 1.807) is 4.90 Å². The van der Waals surface area contributed by atoms with Gasteiger partial charge in [0.15, 0.2) is 11.6 Å². The van der Waals surface area contributed by atoms with Gasteiger partial charge >= 0.3 is 6.09 Å². The Morgan fingerprint density at radius 3 is 2.33 bits per heavy atom. The lowest BCUT2D eigenvalue weighted by atomic mass is 10.2. The molecule has 3 heterocycles. The summed E-state index contributed by atoms with van der Waals surface area (Å²) in [7, 11) is -3.88. The second-order valence-corrected chi connectivity index (χ2v) is 14.6. The molecular formula is C32H35F2N7O6S. The summed E-state index contributed by atoms with van der Waals surface area (Å²) in [5, 5.41) is -0.555. The van der Waals surface area contributed by atoms with E-state index in [0.29, 0.717) is 56.2 Å². The number of fused-ring (bicyclic) bond motifs is 1. The molecule has 1 amide bonds. The maximum atomic E-state index is 15.4. The summed E-state index contributed by atoms with van der Waals surface area (Å²) in [5.74, 6) is -2.73. The standard InChI is InChI=1S/C32H35F2N7O6S/c1-32(2,3)47-31(43)40-14-12-39(13-15-40)30-35-17-20(18-36-30)41-19-37-25-10-8-21(16-23(25)29(41)42)46-28-24(33)9-11-26(27(28)34)38-48(44,45)22-6-4-5-7-22/h8-11,16-19,22,38H,4-7,12-15H2,1-3H3. The number of sulfonamides is 1.